The van der Waals surface area contributed by atoms with Crippen LogP contribution >= 0.6 is 11.3 Å². The number of rotatable bonds is 4. The van der Waals surface area contributed by atoms with Crippen LogP contribution in [0.2, 0.25) is 0 Å². The van der Waals surface area contributed by atoms with Crippen LogP contribution in [0.1, 0.15) is 33.0 Å². The van der Waals surface area contributed by atoms with Gasteiger partial charge < -0.3 is 19.9 Å². The molecule has 2 aliphatic heterocycles. The molecule has 1 amide bonds. The number of aromatic nitrogens is 2. The lowest BCUT2D eigenvalue weighted by atomic mass is 10.1. The molecule has 1 saturated heterocycles. The van der Waals surface area contributed by atoms with Gasteiger partial charge in [-0.1, -0.05) is 17.4 Å². The zero-order valence-corrected chi connectivity index (χ0v) is 17.4. The third kappa shape index (κ3) is 4.01. The molecule has 5 rings (SSSR count). The highest BCUT2D eigenvalue weighted by atomic mass is 32.1. The summed E-state index contributed by atoms with van der Waals surface area (Å²) >= 11 is 1.53. The largest absolute Gasteiger partial charge is 0.417 e. The topological polar surface area (TPSA) is 70.2 Å². The van der Waals surface area contributed by atoms with Gasteiger partial charge in [0.2, 0.25) is 0 Å². The molecule has 0 spiro atoms. The number of aromatic amines is 1. The minimum Gasteiger partial charge on any atom is -0.381 e. The van der Waals surface area contributed by atoms with Gasteiger partial charge in [0.1, 0.15) is 5.69 Å². The van der Waals surface area contributed by atoms with Crippen molar-refractivity contribution in [2.75, 3.05) is 31.6 Å². The van der Waals surface area contributed by atoms with Crippen molar-refractivity contribution in [2.24, 2.45) is 5.92 Å². The predicted molar refractivity (Wildman–Crippen MR) is 111 cm³/mol. The number of hydrogen-bond donors (Lipinski definition) is 2. The molecule has 6 nitrogen and oxygen atoms in total. The van der Waals surface area contributed by atoms with Gasteiger partial charge in [0.15, 0.2) is 5.13 Å². The van der Waals surface area contributed by atoms with E-state index in [4.69, 9.17) is 4.74 Å². The Morgan fingerprint density at radius 2 is 2.26 bits per heavy atom. The Labute approximate surface area is 180 Å². The summed E-state index contributed by atoms with van der Waals surface area (Å²) in [5.41, 5.74) is 0.706. The van der Waals surface area contributed by atoms with Crippen LogP contribution in [-0.4, -0.2) is 47.1 Å². The molecule has 2 N–H and O–H groups in total. The van der Waals surface area contributed by atoms with Crippen LogP contribution in [0.15, 0.2) is 24.3 Å². The summed E-state index contributed by atoms with van der Waals surface area (Å²) in [6.45, 7) is 3.26. The van der Waals surface area contributed by atoms with Crippen molar-refractivity contribution in [3.8, 4) is 0 Å². The molecule has 10 heteroatoms. The molecule has 2 aliphatic rings. The number of thiazole rings is 1. The molecule has 0 aliphatic carbocycles. The second-order valence-corrected chi connectivity index (χ2v) is 9.01. The van der Waals surface area contributed by atoms with Crippen LogP contribution in [0.5, 0.6) is 0 Å². The first-order chi connectivity index (χ1) is 14.9. The molecular formula is C21H21F3N4O2S. The molecule has 0 bridgehead atoms. The van der Waals surface area contributed by atoms with E-state index in [0.717, 1.165) is 47.9 Å². The number of amides is 1. The third-order valence-electron chi connectivity index (χ3n) is 5.78. The van der Waals surface area contributed by atoms with E-state index in [2.05, 4.69) is 15.3 Å². The summed E-state index contributed by atoms with van der Waals surface area (Å²) in [4.78, 5) is 23.2. The first kappa shape index (κ1) is 20.3. The van der Waals surface area contributed by atoms with Gasteiger partial charge in [-0.3, -0.25) is 4.79 Å². The summed E-state index contributed by atoms with van der Waals surface area (Å²) in [5, 5.41) is 4.22. The SMILES string of the molecule is O=C(c1cc2c(C(F)(F)F)cccc2[nH]1)N1CCc2nc(NCC3CCOC3)sc2C1. The number of alkyl halides is 3. The van der Waals surface area contributed by atoms with E-state index >= 15 is 0 Å². The summed E-state index contributed by atoms with van der Waals surface area (Å²) in [6, 6.07) is 5.22. The third-order valence-corrected chi connectivity index (χ3v) is 6.82. The van der Waals surface area contributed by atoms with Gasteiger partial charge in [-0.05, 0) is 24.6 Å². The number of H-pyrrole nitrogens is 1. The standard InChI is InChI=1S/C21H21F3N4O2S/c22-21(23,24)14-2-1-3-15-13(14)8-17(26-15)19(29)28-6-4-16-18(10-28)31-20(27-16)25-9-12-5-7-30-11-12/h1-3,8,12,26H,4-7,9-11H2,(H,25,27). The van der Waals surface area contributed by atoms with E-state index in [9.17, 15) is 18.0 Å². The average Bonchev–Trinajstić information content (AvgIpc) is 3.48. The van der Waals surface area contributed by atoms with Gasteiger partial charge in [0, 0.05) is 47.8 Å². The molecule has 0 saturated carbocycles. The zero-order chi connectivity index (χ0) is 21.6. The lowest BCUT2D eigenvalue weighted by molar-refractivity contribution is -0.136. The Morgan fingerprint density at radius 3 is 3.03 bits per heavy atom. The van der Waals surface area contributed by atoms with Crippen LogP contribution in [0, 0.1) is 5.92 Å². The Bertz CT molecular complexity index is 1120. The number of anilines is 1. The molecule has 3 aromatic rings. The lowest BCUT2D eigenvalue weighted by Gasteiger charge is -2.25. The van der Waals surface area contributed by atoms with Gasteiger partial charge in [-0.2, -0.15) is 13.2 Å². The number of carbonyl (C=O) groups is 1. The summed E-state index contributed by atoms with van der Waals surface area (Å²) in [6.07, 6.45) is -2.81. The van der Waals surface area contributed by atoms with E-state index < -0.39 is 11.7 Å². The fraction of sp³-hybridized carbons (Fsp3) is 0.429. The molecule has 1 atom stereocenters. The Kier molecular flexibility index (Phi) is 5.13. The van der Waals surface area contributed by atoms with Crippen molar-refractivity contribution < 1.29 is 22.7 Å². The van der Waals surface area contributed by atoms with Crippen LogP contribution in [-0.2, 0) is 23.9 Å². The van der Waals surface area contributed by atoms with E-state index in [1.807, 2.05) is 0 Å². The van der Waals surface area contributed by atoms with Gasteiger partial charge in [-0.25, -0.2) is 4.98 Å². The molecule has 4 heterocycles. The number of ether oxygens (including phenoxy) is 1. The van der Waals surface area contributed by atoms with Crippen LogP contribution in [0.4, 0.5) is 18.3 Å². The van der Waals surface area contributed by atoms with Gasteiger partial charge in [0.25, 0.3) is 5.91 Å². The highest BCUT2D eigenvalue weighted by Gasteiger charge is 2.33. The summed E-state index contributed by atoms with van der Waals surface area (Å²) < 4.78 is 45.2. The van der Waals surface area contributed by atoms with Gasteiger partial charge in [-0.15, -0.1) is 0 Å². The Hall–Kier alpha value is -2.59. The van der Waals surface area contributed by atoms with E-state index in [-0.39, 0.29) is 17.0 Å². The van der Waals surface area contributed by atoms with Crippen molar-refractivity contribution in [1.82, 2.24) is 14.9 Å². The second-order valence-electron chi connectivity index (χ2n) is 7.92. The normalized spacial score (nSPS) is 19.1. The first-order valence-corrected chi connectivity index (χ1v) is 11.0. The fourth-order valence-electron chi connectivity index (χ4n) is 4.11. The molecule has 0 radical (unpaired) electrons. The number of hydrogen-bond acceptors (Lipinski definition) is 5. The van der Waals surface area contributed by atoms with E-state index in [0.29, 0.717) is 30.9 Å². The monoisotopic (exact) mass is 450 g/mol. The van der Waals surface area contributed by atoms with E-state index in [1.54, 1.807) is 11.0 Å². The van der Waals surface area contributed by atoms with Crippen molar-refractivity contribution in [2.45, 2.75) is 25.6 Å². The number of carbonyl (C=O) groups excluding carboxylic acids is 1. The van der Waals surface area contributed by atoms with E-state index in [1.165, 1.54) is 23.5 Å². The average molecular weight is 450 g/mol. The quantitative estimate of drug-likeness (QED) is 0.622. The number of nitrogens with one attached hydrogen (secondary N) is 2. The maximum absolute atomic E-state index is 13.3. The van der Waals surface area contributed by atoms with Crippen LogP contribution in [0.3, 0.4) is 0 Å². The zero-order valence-electron chi connectivity index (χ0n) is 16.6. The minimum absolute atomic E-state index is 0.0104. The maximum atomic E-state index is 13.3. The van der Waals surface area contributed by atoms with Crippen molar-refractivity contribution >= 4 is 33.3 Å². The predicted octanol–water partition coefficient (Wildman–Crippen LogP) is 4.29. The maximum Gasteiger partial charge on any atom is 0.417 e. The van der Waals surface area contributed by atoms with Crippen LogP contribution in [0.25, 0.3) is 10.9 Å². The number of benzene rings is 1. The number of halogens is 3. The molecule has 1 unspecified atom stereocenters. The summed E-state index contributed by atoms with van der Waals surface area (Å²) in [5.74, 6) is 0.184. The molecular weight excluding hydrogens is 429 g/mol. The fourth-order valence-corrected chi connectivity index (χ4v) is 5.14. The Morgan fingerprint density at radius 1 is 1.39 bits per heavy atom. The van der Waals surface area contributed by atoms with Crippen molar-refractivity contribution in [3.05, 3.63) is 46.1 Å². The molecule has 31 heavy (non-hydrogen) atoms. The number of fused-ring (bicyclic) bond motifs is 2. The van der Waals surface area contributed by atoms with Crippen molar-refractivity contribution in [3.63, 3.8) is 0 Å². The lowest BCUT2D eigenvalue weighted by Crippen LogP contribution is -2.35. The minimum atomic E-state index is -4.47. The number of nitrogens with zero attached hydrogens (tertiary/aromatic N) is 2. The molecule has 1 fully saturated rings. The van der Waals surface area contributed by atoms with Crippen LogP contribution < -0.4 is 5.32 Å². The highest BCUT2D eigenvalue weighted by molar-refractivity contribution is 7.15. The second kappa shape index (κ2) is 7.83. The highest BCUT2D eigenvalue weighted by Crippen LogP contribution is 2.35. The first-order valence-electron chi connectivity index (χ1n) is 10.2. The smallest absolute Gasteiger partial charge is 0.381 e. The molecule has 164 valence electrons. The summed E-state index contributed by atoms with van der Waals surface area (Å²) in [7, 11) is 0. The van der Waals surface area contributed by atoms with Gasteiger partial charge in [0.05, 0.1) is 24.4 Å². The van der Waals surface area contributed by atoms with Gasteiger partial charge >= 0.3 is 6.18 Å². The van der Waals surface area contributed by atoms with Crippen molar-refractivity contribution in [1.29, 1.82) is 0 Å². The molecule has 1 aromatic carbocycles. The molecule has 2 aromatic heterocycles. The Balaban J connectivity index is 1.31.